The molecule has 2 N–H and O–H groups in total. The van der Waals surface area contributed by atoms with Crippen LogP contribution < -0.4 is 10.5 Å². The summed E-state index contributed by atoms with van der Waals surface area (Å²) in [7, 11) is 0. The second kappa shape index (κ2) is 6.02. The third-order valence-electron chi connectivity index (χ3n) is 3.79. The highest BCUT2D eigenvalue weighted by Crippen LogP contribution is 2.31. The predicted molar refractivity (Wildman–Crippen MR) is 88.6 cm³/mol. The van der Waals surface area contributed by atoms with E-state index in [-0.39, 0.29) is 17.6 Å². The van der Waals surface area contributed by atoms with Crippen molar-refractivity contribution in [1.82, 2.24) is 4.98 Å². The minimum atomic E-state index is -0.0459. The SMILES string of the molecule is CCC(N)C(Oc1cccc2ccc(C)nc12)C(C)(C)C. The normalized spacial score (nSPS) is 15.0. The molecule has 0 aliphatic rings. The number of fused-ring (bicyclic) bond motifs is 1. The van der Waals surface area contributed by atoms with Crippen molar-refractivity contribution in [3.8, 4) is 5.75 Å². The van der Waals surface area contributed by atoms with Gasteiger partial charge in [0.05, 0.1) is 0 Å². The van der Waals surface area contributed by atoms with Crippen LogP contribution in [0.4, 0.5) is 0 Å². The van der Waals surface area contributed by atoms with Gasteiger partial charge in [0.15, 0.2) is 0 Å². The monoisotopic (exact) mass is 286 g/mol. The number of para-hydroxylation sites is 1. The Labute approximate surface area is 127 Å². The number of hydrogen-bond acceptors (Lipinski definition) is 3. The van der Waals surface area contributed by atoms with Crippen LogP contribution in [-0.4, -0.2) is 17.1 Å². The summed E-state index contributed by atoms with van der Waals surface area (Å²) in [5.41, 5.74) is 8.16. The van der Waals surface area contributed by atoms with E-state index < -0.39 is 0 Å². The maximum absolute atomic E-state index is 6.31. The molecule has 0 bridgehead atoms. The van der Waals surface area contributed by atoms with Gasteiger partial charge in [-0.3, -0.25) is 0 Å². The Hall–Kier alpha value is -1.61. The number of ether oxygens (including phenoxy) is 1. The maximum Gasteiger partial charge on any atom is 0.146 e. The molecule has 0 saturated heterocycles. The Morgan fingerprint density at radius 3 is 2.52 bits per heavy atom. The number of aromatic nitrogens is 1. The zero-order valence-electron chi connectivity index (χ0n) is 13.7. The average molecular weight is 286 g/mol. The summed E-state index contributed by atoms with van der Waals surface area (Å²) in [5.74, 6) is 0.819. The van der Waals surface area contributed by atoms with Crippen molar-refractivity contribution in [3.05, 3.63) is 36.0 Å². The van der Waals surface area contributed by atoms with E-state index in [1.165, 1.54) is 0 Å². The van der Waals surface area contributed by atoms with Crippen molar-refractivity contribution in [3.63, 3.8) is 0 Å². The van der Waals surface area contributed by atoms with Gasteiger partial charge >= 0.3 is 0 Å². The summed E-state index contributed by atoms with van der Waals surface area (Å²) in [4.78, 5) is 4.63. The third kappa shape index (κ3) is 3.53. The minimum absolute atomic E-state index is 0.00469. The molecule has 2 aromatic rings. The molecule has 1 aromatic heterocycles. The van der Waals surface area contributed by atoms with Gasteiger partial charge in [-0.15, -0.1) is 0 Å². The number of benzene rings is 1. The highest BCUT2D eigenvalue weighted by atomic mass is 16.5. The lowest BCUT2D eigenvalue weighted by atomic mass is 9.84. The summed E-state index contributed by atoms with van der Waals surface area (Å²) >= 11 is 0. The molecule has 3 nitrogen and oxygen atoms in total. The van der Waals surface area contributed by atoms with E-state index in [9.17, 15) is 0 Å². The van der Waals surface area contributed by atoms with Gasteiger partial charge in [0.2, 0.25) is 0 Å². The number of pyridine rings is 1. The van der Waals surface area contributed by atoms with Crippen LogP contribution in [0.2, 0.25) is 0 Å². The molecule has 1 aromatic carbocycles. The first-order valence-corrected chi connectivity index (χ1v) is 7.61. The van der Waals surface area contributed by atoms with Gasteiger partial charge in [-0.1, -0.05) is 45.9 Å². The summed E-state index contributed by atoms with van der Waals surface area (Å²) in [6.07, 6.45) is 0.842. The van der Waals surface area contributed by atoms with Gasteiger partial charge in [-0.2, -0.15) is 0 Å². The fourth-order valence-electron chi connectivity index (χ4n) is 2.57. The zero-order valence-corrected chi connectivity index (χ0v) is 13.7. The van der Waals surface area contributed by atoms with Crippen molar-refractivity contribution in [2.24, 2.45) is 11.1 Å². The molecular formula is C18H26N2O. The summed E-state index contributed by atoms with van der Waals surface area (Å²) in [5, 5.41) is 1.09. The fraction of sp³-hybridized carbons (Fsp3) is 0.500. The minimum Gasteiger partial charge on any atom is -0.486 e. The quantitative estimate of drug-likeness (QED) is 0.921. The smallest absolute Gasteiger partial charge is 0.146 e. The highest BCUT2D eigenvalue weighted by molar-refractivity contribution is 5.84. The van der Waals surface area contributed by atoms with Crippen molar-refractivity contribution in [2.75, 3.05) is 0 Å². The van der Waals surface area contributed by atoms with Gasteiger partial charge in [-0.25, -0.2) is 4.98 Å². The summed E-state index contributed by atoms with van der Waals surface area (Å²) < 4.78 is 6.31. The van der Waals surface area contributed by atoms with Crippen LogP contribution in [0.15, 0.2) is 30.3 Å². The van der Waals surface area contributed by atoms with Gasteiger partial charge in [-0.05, 0) is 25.5 Å². The van der Waals surface area contributed by atoms with E-state index in [2.05, 4.69) is 44.8 Å². The van der Waals surface area contributed by atoms with Crippen LogP contribution in [0.3, 0.4) is 0 Å². The lowest BCUT2D eigenvalue weighted by molar-refractivity contribution is 0.0634. The largest absolute Gasteiger partial charge is 0.486 e. The van der Waals surface area contributed by atoms with Crippen LogP contribution in [0, 0.1) is 12.3 Å². The lowest BCUT2D eigenvalue weighted by Gasteiger charge is -2.35. The second-order valence-electron chi connectivity index (χ2n) is 6.76. The molecule has 2 unspecified atom stereocenters. The molecule has 1 heterocycles. The van der Waals surface area contributed by atoms with Crippen molar-refractivity contribution >= 4 is 10.9 Å². The standard InChI is InChI=1S/C18H26N2O/c1-6-14(19)17(18(3,4)5)21-15-9-7-8-13-11-10-12(2)20-16(13)15/h7-11,14,17H,6,19H2,1-5H3. The molecule has 0 amide bonds. The number of rotatable bonds is 4. The first-order valence-electron chi connectivity index (χ1n) is 7.61. The molecule has 2 rings (SSSR count). The number of aryl methyl sites for hydroxylation is 1. The fourth-order valence-corrected chi connectivity index (χ4v) is 2.57. The Morgan fingerprint density at radius 1 is 1.19 bits per heavy atom. The Bertz CT molecular complexity index is 616. The van der Waals surface area contributed by atoms with Gasteiger partial charge in [0.25, 0.3) is 0 Å². The van der Waals surface area contributed by atoms with Crippen LogP contribution in [0.25, 0.3) is 10.9 Å². The molecule has 21 heavy (non-hydrogen) atoms. The molecule has 2 atom stereocenters. The van der Waals surface area contributed by atoms with E-state index >= 15 is 0 Å². The summed E-state index contributed by atoms with van der Waals surface area (Å²) in [6, 6.07) is 10.1. The molecule has 114 valence electrons. The lowest BCUT2D eigenvalue weighted by Crippen LogP contribution is -2.47. The van der Waals surface area contributed by atoms with Crippen molar-refractivity contribution in [1.29, 1.82) is 0 Å². The van der Waals surface area contributed by atoms with Crippen LogP contribution in [-0.2, 0) is 0 Å². The molecule has 0 fully saturated rings. The third-order valence-corrected chi connectivity index (χ3v) is 3.79. The first-order chi connectivity index (χ1) is 9.82. The van der Waals surface area contributed by atoms with E-state index in [1.54, 1.807) is 0 Å². The zero-order chi connectivity index (χ0) is 15.6. The van der Waals surface area contributed by atoms with Crippen LogP contribution in [0.1, 0.15) is 39.8 Å². The highest BCUT2D eigenvalue weighted by Gasteiger charge is 2.31. The second-order valence-corrected chi connectivity index (χ2v) is 6.76. The molecule has 0 spiro atoms. The van der Waals surface area contributed by atoms with Gasteiger partial charge in [0.1, 0.15) is 17.4 Å². The Morgan fingerprint density at radius 2 is 1.90 bits per heavy atom. The van der Waals surface area contributed by atoms with E-state index in [0.29, 0.717) is 0 Å². The van der Waals surface area contributed by atoms with Crippen molar-refractivity contribution in [2.45, 2.75) is 53.2 Å². The van der Waals surface area contributed by atoms with E-state index in [1.807, 2.05) is 25.1 Å². The van der Waals surface area contributed by atoms with E-state index in [0.717, 1.165) is 28.8 Å². The Kier molecular flexibility index (Phi) is 4.52. The molecule has 3 heteroatoms. The predicted octanol–water partition coefficient (Wildman–Crippen LogP) is 4.07. The van der Waals surface area contributed by atoms with Crippen LogP contribution in [0.5, 0.6) is 5.75 Å². The molecule has 0 radical (unpaired) electrons. The van der Waals surface area contributed by atoms with Gasteiger partial charge in [0, 0.05) is 22.5 Å². The van der Waals surface area contributed by atoms with Crippen LogP contribution >= 0.6 is 0 Å². The number of nitrogens with zero attached hydrogens (tertiary/aromatic N) is 1. The first kappa shape index (κ1) is 15.8. The Balaban J connectivity index is 2.43. The molecule has 0 aliphatic heterocycles. The maximum atomic E-state index is 6.31. The topological polar surface area (TPSA) is 48.1 Å². The molecule has 0 saturated carbocycles. The van der Waals surface area contributed by atoms with Gasteiger partial charge < -0.3 is 10.5 Å². The summed E-state index contributed by atoms with van der Waals surface area (Å²) in [6.45, 7) is 10.6. The number of hydrogen-bond donors (Lipinski definition) is 1. The van der Waals surface area contributed by atoms with E-state index in [4.69, 9.17) is 10.5 Å². The molecular weight excluding hydrogens is 260 g/mol. The average Bonchev–Trinajstić information content (AvgIpc) is 2.42. The number of nitrogens with two attached hydrogens (primary N) is 1. The van der Waals surface area contributed by atoms with Crippen molar-refractivity contribution < 1.29 is 4.74 Å². The molecule has 0 aliphatic carbocycles.